The normalized spacial score (nSPS) is 14.8. The van der Waals surface area contributed by atoms with Crippen LogP contribution >= 0.6 is 46.3 Å². The van der Waals surface area contributed by atoms with Crippen molar-refractivity contribution in [3.05, 3.63) is 129 Å². The van der Waals surface area contributed by atoms with Gasteiger partial charge in [0.15, 0.2) is 4.80 Å². The number of halogens is 2. The molecule has 0 spiro atoms. The average Bonchev–Trinajstić information content (AvgIpc) is 3.29. The van der Waals surface area contributed by atoms with Crippen LogP contribution in [0.15, 0.2) is 97.6 Å². The Kier molecular flexibility index (Phi) is 9.22. The summed E-state index contributed by atoms with van der Waals surface area (Å²) in [6.45, 7) is 6.60. The number of carbonyl (C=O) groups is 1. The van der Waals surface area contributed by atoms with Gasteiger partial charge in [-0.2, -0.15) is 0 Å². The number of likely N-dealkylation sites (N-methyl/N-ethyl adjacent to an activating group) is 1. The largest absolute Gasteiger partial charge is 0.339 e. The number of nitrogens with zero attached hydrogens (tertiary/aromatic N) is 4. The van der Waals surface area contributed by atoms with Gasteiger partial charge in [0.25, 0.3) is 17.2 Å². The third-order valence-corrected chi connectivity index (χ3v) is 9.61. The second-order valence-electron chi connectivity index (χ2n) is 9.65. The number of hydrogen-bond acceptors (Lipinski definition) is 7. The molecule has 1 aliphatic rings. The predicted molar refractivity (Wildman–Crippen MR) is 172 cm³/mol. The van der Waals surface area contributed by atoms with Crippen molar-refractivity contribution in [2.24, 2.45) is 4.99 Å². The van der Waals surface area contributed by atoms with Crippen molar-refractivity contribution in [3.8, 4) is 0 Å². The van der Waals surface area contributed by atoms with Gasteiger partial charge in [0.05, 0.1) is 26.8 Å². The lowest BCUT2D eigenvalue weighted by Crippen LogP contribution is -2.43. The molecule has 1 amide bonds. The third kappa shape index (κ3) is 6.33. The molecule has 0 radical (unpaired) electrons. The fraction of sp³-hybridized carbons (Fsp3) is 0.194. The molecule has 0 saturated heterocycles. The smallest absolute Gasteiger partial charge is 0.271 e. The Balaban J connectivity index is 1.70. The first-order chi connectivity index (χ1) is 20.6. The number of benzene rings is 3. The lowest BCUT2D eigenvalue weighted by Gasteiger charge is -2.29. The molecule has 43 heavy (non-hydrogen) atoms. The highest BCUT2D eigenvalue weighted by atomic mass is 35.5. The van der Waals surface area contributed by atoms with E-state index in [0.29, 0.717) is 49.3 Å². The number of allylic oxidation sites excluding steroid dienone is 1. The minimum atomic E-state index is -0.725. The molecule has 1 atom stereocenters. The van der Waals surface area contributed by atoms with Crippen LogP contribution in [0.5, 0.6) is 0 Å². The molecule has 0 saturated carbocycles. The molecule has 4 aromatic rings. The molecule has 0 N–H and O–H groups in total. The van der Waals surface area contributed by atoms with Gasteiger partial charge in [0.2, 0.25) is 0 Å². The van der Waals surface area contributed by atoms with Gasteiger partial charge in [-0.05, 0) is 80.4 Å². The van der Waals surface area contributed by atoms with Crippen molar-refractivity contribution in [1.29, 1.82) is 0 Å². The second kappa shape index (κ2) is 12.9. The molecule has 220 valence electrons. The monoisotopic (exact) mass is 652 g/mol. The van der Waals surface area contributed by atoms with E-state index in [1.54, 1.807) is 60.4 Å². The van der Waals surface area contributed by atoms with Crippen molar-refractivity contribution in [2.75, 3.05) is 13.1 Å². The molecule has 8 nitrogen and oxygen atoms in total. The van der Waals surface area contributed by atoms with Crippen molar-refractivity contribution in [1.82, 2.24) is 9.47 Å². The zero-order chi connectivity index (χ0) is 30.8. The number of non-ortho nitro benzene ring substituents is 1. The Morgan fingerprint density at radius 1 is 1.07 bits per heavy atom. The highest BCUT2D eigenvalue weighted by Gasteiger charge is 2.34. The first kappa shape index (κ1) is 30.7. The molecule has 0 bridgehead atoms. The summed E-state index contributed by atoms with van der Waals surface area (Å²) in [5.41, 5.74) is 1.73. The Bertz CT molecular complexity index is 1930. The number of fused-ring (bicyclic) bond motifs is 1. The summed E-state index contributed by atoms with van der Waals surface area (Å²) >= 11 is 14.8. The van der Waals surface area contributed by atoms with Crippen molar-refractivity contribution in [2.45, 2.75) is 36.6 Å². The summed E-state index contributed by atoms with van der Waals surface area (Å²) in [6.07, 6.45) is 1.65. The van der Waals surface area contributed by atoms with Crippen LogP contribution in [-0.2, 0) is 4.79 Å². The number of carbonyl (C=O) groups excluding carboxylic acids is 1. The zero-order valence-electron chi connectivity index (χ0n) is 23.4. The molecule has 2 heterocycles. The zero-order valence-corrected chi connectivity index (χ0v) is 26.6. The summed E-state index contributed by atoms with van der Waals surface area (Å²) in [7, 11) is 0. The summed E-state index contributed by atoms with van der Waals surface area (Å²) < 4.78 is 1.87. The van der Waals surface area contributed by atoms with Crippen LogP contribution in [0.4, 0.5) is 5.69 Å². The minimum absolute atomic E-state index is 0.0959. The van der Waals surface area contributed by atoms with E-state index in [1.807, 2.05) is 26.0 Å². The van der Waals surface area contributed by atoms with Gasteiger partial charge in [0.1, 0.15) is 0 Å². The van der Waals surface area contributed by atoms with E-state index in [2.05, 4.69) is 0 Å². The average molecular weight is 654 g/mol. The van der Waals surface area contributed by atoms with E-state index in [0.717, 1.165) is 15.4 Å². The highest BCUT2D eigenvalue weighted by molar-refractivity contribution is 7.99. The quantitative estimate of drug-likeness (QED) is 0.160. The summed E-state index contributed by atoms with van der Waals surface area (Å²) in [5.74, 6) is -0.194. The van der Waals surface area contributed by atoms with Crippen LogP contribution in [0.1, 0.15) is 37.9 Å². The lowest BCUT2D eigenvalue weighted by molar-refractivity contribution is -0.384. The molecule has 0 fully saturated rings. The topological polar surface area (TPSA) is 97.8 Å². The highest BCUT2D eigenvalue weighted by Crippen LogP contribution is 2.34. The van der Waals surface area contributed by atoms with Crippen molar-refractivity contribution < 1.29 is 9.72 Å². The van der Waals surface area contributed by atoms with Crippen molar-refractivity contribution >= 4 is 64.0 Å². The van der Waals surface area contributed by atoms with Gasteiger partial charge in [-0.15, -0.1) is 0 Å². The molecular weight excluding hydrogens is 627 g/mol. The molecule has 3 aromatic carbocycles. The Morgan fingerprint density at radius 3 is 2.30 bits per heavy atom. The molecular formula is C31H26Cl2N4O4S2. The lowest BCUT2D eigenvalue weighted by atomic mass is 9.94. The van der Waals surface area contributed by atoms with Crippen LogP contribution < -0.4 is 14.9 Å². The van der Waals surface area contributed by atoms with Gasteiger partial charge in [-0.1, -0.05) is 58.4 Å². The Hall–Kier alpha value is -3.70. The van der Waals surface area contributed by atoms with Crippen LogP contribution in [0, 0.1) is 10.1 Å². The molecule has 0 aliphatic carbocycles. The number of aromatic nitrogens is 1. The summed E-state index contributed by atoms with van der Waals surface area (Å²) in [5, 5.41) is 12.8. The number of nitro groups is 1. The summed E-state index contributed by atoms with van der Waals surface area (Å²) in [6, 6.07) is 18.1. The van der Waals surface area contributed by atoms with E-state index >= 15 is 0 Å². The molecule has 1 aromatic heterocycles. The number of thiazole rings is 1. The van der Waals surface area contributed by atoms with Crippen LogP contribution in [-0.4, -0.2) is 33.4 Å². The Morgan fingerprint density at radius 2 is 1.70 bits per heavy atom. The first-order valence-electron chi connectivity index (χ1n) is 13.4. The van der Waals surface area contributed by atoms with E-state index < -0.39 is 11.0 Å². The summed E-state index contributed by atoms with van der Waals surface area (Å²) in [4.78, 5) is 47.5. The van der Waals surface area contributed by atoms with E-state index in [4.69, 9.17) is 28.2 Å². The van der Waals surface area contributed by atoms with Crippen LogP contribution in [0.2, 0.25) is 10.0 Å². The predicted octanol–water partition coefficient (Wildman–Crippen LogP) is 6.47. The van der Waals surface area contributed by atoms with E-state index in [9.17, 15) is 19.7 Å². The Labute approximate surface area is 265 Å². The van der Waals surface area contributed by atoms with Gasteiger partial charge in [-0.25, -0.2) is 4.99 Å². The number of hydrogen-bond donors (Lipinski definition) is 0. The molecule has 5 rings (SSSR count). The molecule has 0 unspecified atom stereocenters. The molecule has 12 heteroatoms. The maximum absolute atomic E-state index is 14.1. The third-order valence-electron chi connectivity index (χ3n) is 7.02. The van der Waals surface area contributed by atoms with Gasteiger partial charge in [-0.3, -0.25) is 24.3 Å². The fourth-order valence-corrected chi connectivity index (χ4v) is 7.05. The minimum Gasteiger partial charge on any atom is -0.339 e. The van der Waals surface area contributed by atoms with Gasteiger partial charge < -0.3 is 4.90 Å². The number of nitro benzene ring substituents is 1. The molecule has 1 aliphatic heterocycles. The SMILES string of the molecule is CCN(CC)C(=O)C1=C(C)N=c2s/c(=C\c3cc([N+](=O)[O-])ccc3Sc3ccc(Cl)cc3)c(=O)n2[C@@H]1c1ccc(Cl)cc1. The maximum atomic E-state index is 14.1. The van der Waals surface area contributed by atoms with Crippen LogP contribution in [0.25, 0.3) is 6.08 Å². The van der Waals surface area contributed by atoms with E-state index in [1.165, 1.54) is 39.8 Å². The van der Waals surface area contributed by atoms with Crippen molar-refractivity contribution in [3.63, 3.8) is 0 Å². The first-order valence-corrected chi connectivity index (χ1v) is 15.8. The maximum Gasteiger partial charge on any atom is 0.271 e. The number of rotatable bonds is 8. The second-order valence-corrected chi connectivity index (χ2v) is 12.6. The van der Waals surface area contributed by atoms with Gasteiger partial charge in [0, 0.05) is 45.1 Å². The van der Waals surface area contributed by atoms with Gasteiger partial charge >= 0.3 is 0 Å². The van der Waals surface area contributed by atoms with E-state index in [-0.39, 0.29) is 17.2 Å². The number of amides is 1. The standard InChI is InChI=1S/C31H26Cl2N4O4S2/c1-4-35(5-2)30(39)27-18(3)34-31-36(28(27)19-6-8-21(32)9-7-19)29(38)26(43-31)17-20-16-23(37(40)41)12-15-25(20)42-24-13-10-22(33)11-14-24/h6-17,28H,4-5H2,1-3H3/b26-17-/t28-/m1/s1. The van der Waals surface area contributed by atoms with Crippen LogP contribution in [0.3, 0.4) is 0 Å². The fourth-order valence-electron chi connectivity index (χ4n) is 4.86.